The van der Waals surface area contributed by atoms with E-state index in [1.807, 2.05) is 0 Å². The van der Waals surface area contributed by atoms with Gasteiger partial charge in [-0.25, -0.2) is 0 Å². The van der Waals surface area contributed by atoms with Crippen molar-refractivity contribution in [2.24, 2.45) is 16.8 Å². The lowest BCUT2D eigenvalue weighted by molar-refractivity contribution is -0.146. The van der Waals surface area contributed by atoms with Crippen LogP contribution in [0.1, 0.15) is 45.4 Å². The van der Waals surface area contributed by atoms with Gasteiger partial charge in [0.2, 0.25) is 0 Å². The molecule has 0 bridgehead atoms. The molecule has 0 spiro atoms. The Balaban J connectivity index is 1.77. The number of hydrogen-bond donors (Lipinski definition) is 1. The molecule has 2 rings (SSSR count). The molecule has 21 heavy (non-hydrogen) atoms. The van der Waals surface area contributed by atoms with Crippen LogP contribution in [0.25, 0.3) is 0 Å². The topological polar surface area (TPSA) is 53.9 Å². The lowest BCUT2D eigenvalue weighted by atomic mass is 9.97. The van der Waals surface area contributed by atoms with Crippen LogP contribution in [0.4, 0.5) is 0 Å². The molecule has 120 valence electrons. The summed E-state index contributed by atoms with van der Waals surface area (Å²) in [5.41, 5.74) is 0. The maximum Gasteiger partial charge on any atom is 0.308 e. The molecule has 0 amide bonds. The fraction of sp³-hybridized carbons (Fsp3) is 0.875. The summed E-state index contributed by atoms with van der Waals surface area (Å²) in [7, 11) is 1.47. The van der Waals surface area contributed by atoms with Crippen LogP contribution in [0.2, 0.25) is 0 Å². The lowest BCUT2D eigenvalue weighted by Crippen LogP contribution is -2.46. The number of nitrogens with zero attached hydrogens (tertiary/aromatic N) is 2. The number of piperidine rings is 1. The van der Waals surface area contributed by atoms with Crippen LogP contribution in [0, 0.1) is 11.8 Å². The summed E-state index contributed by atoms with van der Waals surface area (Å²) in [5.74, 6) is 1.99. The summed E-state index contributed by atoms with van der Waals surface area (Å²) >= 11 is 0. The van der Waals surface area contributed by atoms with Crippen molar-refractivity contribution >= 4 is 11.9 Å². The number of carbonyl (C=O) groups is 1. The highest BCUT2D eigenvalue weighted by Gasteiger charge is 2.27. The zero-order valence-corrected chi connectivity index (χ0v) is 13.4. The fourth-order valence-corrected chi connectivity index (χ4v) is 2.89. The lowest BCUT2D eigenvalue weighted by Gasteiger charge is -2.33. The molecule has 2 fully saturated rings. The van der Waals surface area contributed by atoms with E-state index in [2.05, 4.69) is 17.1 Å². The first-order valence-electron chi connectivity index (χ1n) is 8.35. The molecular weight excluding hydrogens is 266 g/mol. The minimum atomic E-state index is -0.0685. The highest BCUT2D eigenvalue weighted by molar-refractivity contribution is 5.80. The Labute approximate surface area is 128 Å². The van der Waals surface area contributed by atoms with Gasteiger partial charge in [-0.2, -0.15) is 0 Å². The van der Waals surface area contributed by atoms with Crippen molar-refractivity contribution in [1.82, 2.24) is 10.2 Å². The van der Waals surface area contributed by atoms with Crippen molar-refractivity contribution in [3.63, 3.8) is 0 Å². The molecule has 1 N–H and O–H groups in total. The molecule has 0 aromatic carbocycles. The molecule has 0 radical (unpaired) electrons. The van der Waals surface area contributed by atoms with E-state index in [1.165, 1.54) is 32.8 Å². The molecular formula is C16H29N3O2. The predicted octanol–water partition coefficient (Wildman–Crippen LogP) is 2.03. The molecule has 0 unspecified atom stereocenters. The van der Waals surface area contributed by atoms with Gasteiger partial charge in [0.05, 0.1) is 13.0 Å². The summed E-state index contributed by atoms with van der Waals surface area (Å²) in [4.78, 5) is 18.6. The average molecular weight is 295 g/mol. The van der Waals surface area contributed by atoms with Gasteiger partial charge < -0.3 is 15.0 Å². The quantitative estimate of drug-likeness (QED) is 0.352. The minimum Gasteiger partial charge on any atom is -0.469 e. The van der Waals surface area contributed by atoms with Crippen molar-refractivity contribution in [3.05, 3.63) is 0 Å². The number of likely N-dealkylation sites (tertiary alicyclic amines) is 1. The van der Waals surface area contributed by atoms with E-state index in [0.29, 0.717) is 0 Å². The second kappa shape index (κ2) is 8.25. The predicted molar refractivity (Wildman–Crippen MR) is 84.2 cm³/mol. The number of ether oxygens (including phenoxy) is 1. The minimum absolute atomic E-state index is 0.0593. The van der Waals surface area contributed by atoms with Gasteiger partial charge in [0.25, 0.3) is 0 Å². The second-order valence-corrected chi connectivity index (χ2v) is 6.11. The fourth-order valence-electron chi connectivity index (χ4n) is 2.89. The molecule has 2 aliphatic rings. The number of nitrogens with one attached hydrogen (secondary N) is 1. The van der Waals surface area contributed by atoms with Crippen LogP contribution in [0.5, 0.6) is 0 Å². The summed E-state index contributed by atoms with van der Waals surface area (Å²) in [6, 6.07) is 0. The van der Waals surface area contributed by atoms with Gasteiger partial charge in [-0.3, -0.25) is 9.79 Å². The number of guanidine groups is 1. The number of carbonyl (C=O) groups excluding carboxylic acids is 1. The van der Waals surface area contributed by atoms with Gasteiger partial charge in [0.15, 0.2) is 5.96 Å². The molecule has 1 saturated heterocycles. The molecule has 0 aromatic heterocycles. The first-order chi connectivity index (χ1) is 10.2. The van der Waals surface area contributed by atoms with Gasteiger partial charge in [-0.15, -0.1) is 0 Å². The van der Waals surface area contributed by atoms with E-state index >= 15 is 0 Å². The zero-order chi connectivity index (χ0) is 15.1. The van der Waals surface area contributed by atoms with E-state index < -0.39 is 0 Å². The SMILES string of the molecule is CCNC(=NCCCC1CC1)N1CCC(C(=O)OC)CC1. The molecule has 0 atom stereocenters. The first kappa shape index (κ1) is 16.1. The molecule has 1 saturated carbocycles. The third kappa shape index (κ3) is 5.21. The van der Waals surface area contributed by atoms with Crippen molar-refractivity contribution in [2.45, 2.75) is 45.4 Å². The Morgan fingerprint density at radius 1 is 1.29 bits per heavy atom. The van der Waals surface area contributed by atoms with Crippen LogP contribution in [-0.4, -0.2) is 50.1 Å². The molecule has 5 nitrogen and oxygen atoms in total. The number of rotatable bonds is 6. The first-order valence-corrected chi connectivity index (χ1v) is 8.35. The van der Waals surface area contributed by atoms with E-state index in [9.17, 15) is 4.79 Å². The van der Waals surface area contributed by atoms with E-state index in [1.54, 1.807) is 0 Å². The van der Waals surface area contributed by atoms with E-state index in [0.717, 1.165) is 50.9 Å². The molecule has 5 heteroatoms. The summed E-state index contributed by atoms with van der Waals surface area (Å²) in [6.45, 7) is 5.66. The van der Waals surface area contributed by atoms with Gasteiger partial charge in [0, 0.05) is 26.2 Å². The maximum atomic E-state index is 11.6. The van der Waals surface area contributed by atoms with Crippen LogP contribution < -0.4 is 5.32 Å². The number of aliphatic imine (C=N–C) groups is 1. The Morgan fingerprint density at radius 2 is 2.00 bits per heavy atom. The largest absolute Gasteiger partial charge is 0.469 e. The van der Waals surface area contributed by atoms with E-state index in [-0.39, 0.29) is 11.9 Å². The molecule has 1 heterocycles. The number of esters is 1. The normalized spacial score (nSPS) is 20.5. The van der Waals surface area contributed by atoms with E-state index in [4.69, 9.17) is 9.73 Å². The third-order valence-corrected chi connectivity index (χ3v) is 4.39. The molecule has 1 aliphatic carbocycles. The Hall–Kier alpha value is -1.26. The Kier molecular flexibility index (Phi) is 6.33. The number of hydrogen-bond acceptors (Lipinski definition) is 3. The van der Waals surface area contributed by atoms with Crippen molar-refractivity contribution < 1.29 is 9.53 Å². The summed E-state index contributed by atoms with van der Waals surface area (Å²) < 4.78 is 4.84. The summed E-state index contributed by atoms with van der Waals surface area (Å²) in [6.07, 6.45) is 7.08. The third-order valence-electron chi connectivity index (χ3n) is 4.39. The van der Waals surface area contributed by atoms with Crippen LogP contribution in [-0.2, 0) is 9.53 Å². The summed E-state index contributed by atoms with van der Waals surface area (Å²) in [5, 5.41) is 3.37. The van der Waals surface area contributed by atoms with Gasteiger partial charge in [-0.05, 0) is 38.5 Å². The van der Waals surface area contributed by atoms with Crippen LogP contribution in [0.3, 0.4) is 0 Å². The van der Waals surface area contributed by atoms with Gasteiger partial charge >= 0.3 is 5.97 Å². The Morgan fingerprint density at radius 3 is 2.57 bits per heavy atom. The highest BCUT2D eigenvalue weighted by Crippen LogP contribution is 2.33. The average Bonchev–Trinajstić information content (AvgIpc) is 3.34. The van der Waals surface area contributed by atoms with Gasteiger partial charge in [0.1, 0.15) is 0 Å². The van der Waals surface area contributed by atoms with Crippen LogP contribution >= 0.6 is 0 Å². The molecule has 1 aliphatic heterocycles. The maximum absolute atomic E-state index is 11.6. The number of methoxy groups -OCH3 is 1. The molecule has 0 aromatic rings. The zero-order valence-electron chi connectivity index (χ0n) is 13.4. The van der Waals surface area contributed by atoms with Crippen molar-refractivity contribution in [3.8, 4) is 0 Å². The van der Waals surface area contributed by atoms with Gasteiger partial charge in [-0.1, -0.05) is 12.8 Å². The van der Waals surface area contributed by atoms with Crippen LogP contribution in [0.15, 0.2) is 4.99 Å². The monoisotopic (exact) mass is 295 g/mol. The Bertz CT molecular complexity index is 359. The second-order valence-electron chi connectivity index (χ2n) is 6.11. The standard InChI is InChI=1S/C16H29N3O2/c1-3-17-16(18-10-4-5-13-6-7-13)19-11-8-14(9-12-19)15(20)21-2/h13-14H,3-12H2,1-2H3,(H,17,18). The van der Waals surface area contributed by atoms with Crippen molar-refractivity contribution in [1.29, 1.82) is 0 Å². The smallest absolute Gasteiger partial charge is 0.308 e. The van der Waals surface area contributed by atoms with Crippen molar-refractivity contribution in [2.75, 3.05) is 33.3 Å². The highest BCUT2D eigenvalue weighted by atomic mass is 16.5.